The summed E-state index contributed by atoms with van der Waals surface area (Å²) in [5.74, 6) is 0.978. The van der Waals surface area contributed by atoms with E-state index in [0.29, 0.717) is 28.2 Å². The maximum atomic E-state index is 13.6. The molecule has 8 nitrogen and oxygen atoms in total. The molecule has 0 aromatic carbocycles. The summed E-state index contributed by atoms with van der Waals surface area (Å²) < 4.78 is 6.14. The van der Waals surface area contributed by atoms with Crippen LogP contribution in [-0.2, 0) is 0 Å². The number of carbonyl (C=O) groups is 1. The van der Waals surface area contributed by atoms with Gasteiger partial charge in [0.25, 0.3) is 5.91 Å². The number of amides is 1. The molecule has 1 spiro atoms. The van der Waals surface area contributed by atoms with Crippen molar-refractivity contribution in [3.05, 3.63) is 59.3 Å². The number of rotatable bonds is 4. The van der Waals surface area contributed by atoms with E-state index in [0.717, 1.165) is 25.1 Å². The van der Waals surface area contributed by atoms with Crippen LogP contribution < -0.4 is 4.74 Å². The van der Waals surface area contributed by atoms with Crippen LogP contribution in [0.2, 0.25) is 5.02 Å². The van der Waals surface area contributed by atoms with Crippen LogP contribution in [0.15, 0.2) is 42.9 Å². The van der Waals surface area contributed by atoms with Gasteiger partial charge in [0.1, 0.15) is 11.8 Å². The summed E-state index contributed by atoms with van der Waals surface area (Å²) in [7, 11) is 0. The predicted octanol–water partition coefficient (Wildman–Crippen LogP) is 2.70. The van der Waals surface area contributed by atoms with Gasteiger partial charge in [0.15, 0.2) is 5.69 Å². The Hall–Kier alpha value is -3.00. The fourth-order valence-corrected chi connectivity index (χ4v) is 5.30. The van der Waals surface area contributed by atoms with Crippen molar-refractivity contribution in [2.45, 2.75) is 31.9 Å². The van der Waals surface area contributed by atoms with Gasteiger partial charge in [-0.05, 0) is 43.9 Å². The third-order valence-corrected chi connectivity index (χ3v) is 6.86. The van der Waals surface area contributed by atoms with E-state index < -0.39 is 0 Å². The number of hydrogen-bond acceptors (Lipinski definition) is 6. The minimum absolute atomic E-state index is 0.0354. The normalized spacial score (nSPS) is 28.5. The predicted molar refractivity (Wildman–Crippen MR) is 108 cm³/mol. The third-order valence-electron chi connectivity index (χ3n) is 6.64. The van der Waals surface area contributed by atoms with E-state index in [1.807, 2.05) is 24.0 Å². The zero-order valence-corrected chi connectivity index (χ0v) is 17.0. The topological polar surface area (TPSA) is 86.0 Å². The Labute approximate surface area is 177 Å². The fourth-order valence-electron chi connectivity index (χ4n) is 5.18. The highest BCUT2D eigenvalue weighted by atomic mass is 35.5. The van der Waals surface area contributed by atoms with Crippen LogP contribution in [0.3, 0.4) is 0 Å². The van der Waals surface area contributed by atoms with Crippen molar-refractivity contribution in [2.24, 2.45) is 11.3 Å². The molecule has 1 amide bonds. The molecular formula is C21H19ClN6O2. The van der Waals surface area contributed by atoms with Gasteiger partial charge < -0.3 is 9.64 Å². The molecule has 0 bridgehead atoms. The lowest BCUT2D eigenvalue weighted by Gasteiger charge is -2.46. The van der Waals surface area contributed by atoms with Gasteiger partial charge >= 0.3 is 0 Å². The monoisotopic (exact) mass is 422 g/mol. The van der Waals surface area contributed by atoms with Crippen molar-refractivity contribution in [3.8, 4) is 11.6 Å². The first-order chi connectivity index (χ1) is 14.5. The summed E-state index contributed by atoms with van der Waals surface area (Å²) in [5.41, 5.74) is 1.93. The van der Waals surface area contributed by atoms with Gasteiger partial charge in [-0.2, -0.15) is 10.2 Å². The maximum Gasteiger partial charge on any atom is 0.275 e. The Bertz CT molecular complexity index is 1130. The summed E-state index contributed by atoms with van der Waals surface area (Å²) in [6, 6.07) is 7.26. The van der Waals surface area contributed by atoms with Crippen LogP contribution in [0.5, 0.6) is 5.88 Å². The van der Waals surface area contributed by atoms with Crippen LogP contribution in [0, 0.1) is 18.3 Å². The lowest BCUT2D eigenvalue weighted by atomic mass is 9.73. The largest absolute Gasteiger partial charge is 0.472 e. The average molecular weight is 423 g/mol. The number of piperidine rings is 1. The number of ether oxygens (including phenoxy) is 1. The van der Waals surface area contributed by atoms with Gasteiger partial charge in [-0.25, -0.2) is 9.97 Å². The molecule has 30 heavy (non-hydrogen) atoms. The summed E-state index contributed by atoms with van der Waals surface area (Å²) >= 11 is 5.93. The Balaban J connectivity index is 1.30. The summed E-state index contributed by atoms with van der Waals surface area (Å²) in [4.78, 5) is 25.8. The highest BCUT2D eigenvalue weighted by Gasteiger charge is 2.76. The molecule has 1 aliphatic heterocycles. The van der Waals surface area contributed by atoms with Gasteiger partial charge in [0.2, 0.25) is 5.88 Å². The molecule has 1 saturated heterocycles. The van der Waals surface area contributed by atoms with Crippen molar-refractivity contribution in [1.82, 2.24) is 29.9 Å². The summed E-state index contributed by atoms with van der Waals surface area (Å²) in [6.45, 7) is 2.61. The van der Waals surface area contributed by atoms with Gasteiger partial charge in [-0.1, -0.05) is 11.6 Å². The van der Waals surface area contributed by atoms with Gasteiger partial charge in [0, 0.05) is 29.9 Å². The van der Waals surface area contributed by atoms with Crippen molar-refractivity contribution in [2.75, 3.05) is 6.54 Å². The highest BCUT2D eigenvalue weighted by molar-refractivity contribution is 6.30. The fraction of sp³-hybridized carbons (Fsp3) is 0.381. The first kappa shape index (κ1) is 17.8. The minimum Gasteiger partial charge on any atom is -0.472 e. The Kier molecular flexibility index (Phi) is 3.71. The molecule has 2 aliphatic carbocycles. The second-order valence-electron chi connectivity index (χ2n) is 8.35. The number of aryl methyl sites for hydroxylation is 1. The molecule has 3 aromatic heterocycles. The lowest BCUT2D eigenvalue weighted by molar-refractivity contribution is -0.0347. The van der Waals surface area contributed by atoms with Crippen LogP contribution in [-0.4, -0.2) is 54.5 Å². The molecule has 3 aliphatic rings. The minimum atomic E-state index is -0.0973. The maximum absolute atomic E-state index is 13.6. The zero-order chi connectivity index (χ0) is 20.5. The summed E-state index contributed by atoms with van der Waals surface area (Å²) in [5, 5.41) is 8.94. The molecular weight excluding hydrogens is 404 g/mol. The Morgan fingerprint density at radius 3 is 2.80 bits per heavy atom. The third kappa shape index (κ3) is 2.56. The quantitative estimate of drug-likeness (QED) is 0.642. The SMILES string of the molecule is Cc1ccc(-n2nccn2)c(C(=O)N2CC3CC34CC(Oc3ccc(Cl)cn3)C24)n1. The smallest absolute Gasteiger partial charge is 0.275 e. The molecule has 0 N–H and O–H groups in total. The van der Waals surface area contributed by atoms with E-state index in [1.165, 1.54) is 4.80 Å². The zero-order valence-electron chi connectivity index (χ0n) is 16.3. The first-order valence-corrected chi connectivity index (χ1v) is 10.4. The number of nitrogens with zero attached hydrogens (tertiary/aromatic N) is 6. The van der Waals surface area contributed by atoms with Crippen LogP contribution in [0.4, 0.5) is 0 Å². The van der Waals surface area contributed by atoms with Crippen molar-refractivity contribution in [3.63, 3.8) is 0 Å². The molecule has 9 heteroatoms. The Morgan fingerprint density at radius 1 is 1.20 bits per heavy atom. The summed E-state index contributed by atoms with van der Waals surface area (Å²) in [6.07, 6.45) is 6.77. The number of halogens is 1. The number of carbonyl (C=O) groups excluding carboxylic acids is 1. The van der Waals surface area contributed by atoms with Gasteiger partial charge in [-0.15, -0.1) is 4.80 Å². The standard InChI is InChI=1S/C21H19ClN6O2/c1-12-2-4-15(28-24-6-7-25-28)18(26-12)20(29)27-11-13-8-21(13)9-16(19(21)27)30-17-5-3-14(22)10-23-17/h2-7,10,13,16,19H,8-9,11H2,1H3. The molecule has 3 fully saturated rings. The van der Waals surface area contributed by atoms with E-state index in [2.05, 4.69) is 20.2 Å². The molecule has 6 rings (SSSR count). The molecule has 152 valence electrons. The van der Waals surface area contributed by atoms with Gasteiger partial charge in [-0.3, -0.25) is 4.79 Å². The molecule has 4 unspecified atom stereocenters. The Morgan fingerprint density at radius 2 is 2.03 bits per heavy atom. The molecule has 3 aromatic rings. The first-order valence-electron chi connectivity index (χ1n) is 9.99. The number of pyridine rings is 2. The van der Waals surface area contributed by atoms with Gasteiger partial charge in [0.05, 0.1) is 23.5 Å². The van der Waals surface area contributed by atoms with Crippen molar-refractivity contribution >= 4 is 17.5 Å². The van der Waals surface area contributed by atoms with Crippen molar-refractivity contribution < 1.29 is 9.53 Å². The number of aromatic nitrogens is 5. The molecule has 4 heterocycles. The van der Waals surface area contributed by atoms with E-state index in [1.54, 1.807) is 30.7 Å². The lowest BCUT2D eigenvalue weighted by Crippen LogP contribution is -2.59. The highest BCUT2D eigenvalue weighted by Crippen LogP contribution is 2.71. The van der Waals surface area contributed by atoms with E-state index in [-0.39, 0.29) is 23.5 Å². The van der Waals surface area contributed by atoms with E-state index in [4.69, 9.17) is 16.3 Å². The second kappa shape index (κ2) is 6.25. The van der Waals surface area contributed by atoms with Crippen molar-refractivity contribution in [1.29, 1.82) is 0 Å². The van der Waals surface area contributed by atoms with E-state index in [9.17, 15) is 4.79 Å². The molecule has 0 radical (unpaired) electrons. The van der Waals surface area contributed by atoms with Crippen LogP contribution in [0.1, 0.15) is 29.0 Å². The number of likely N-dealkylation sites (tertiary alicyclic amines) is 1. The second-order valence-corrected chi connectivity index (χ2v) is 8.79. The van der Waals surface area contributed by atoms with Crippen LogP contribution >= 0.6 is 11.6 Å². The molecule has 4 atom stereocenters. The molecule has 2 saturated carbocycles. The number of hydrogen-bond donors (Lipinski definition) is 0. The van der Waals surface area contributed by atoms with Crippen LogP contribution in [0.25, 0.3) is 5.69 Å². The van der Waals surface area contributed by atoms with E-state index >= 15 is 0 Å². The average Bonchev–Trinajstić information content (AvgIpc) is 3.10.